The van der Waals surface area contributed by atoms with Crippen molar-refractivity contribution in [3.63, 3.8) is 0 Å². The average Bonchev–Trinajstić information content (AvgIpc) is 3.56. The largest absolute Gasteiger partial charge is 0.460 e. The Labute approximate surface area is 257 Å². The number of aliphatic hydroxyl groups excluding tert-OH is 4. The monoisotopic (exact) mass is 598 g/mol. The molecule has 2 aliphatic heterocycles. The van der Waals surface area contributed by atoms with Crippen molar-refractivity contribution >= 4 is 5.97 Å². The van der Waals surface area contributed by atoms with Gasteiger partial charge in [-0.2, -0.15) is 0 Å². The summed E-state index contributed by atoms with van der Waals surface area (Å²) in [5.74, 6) is -0.632. The maximum Gasteiger partial charge on any atom is 0.312 e. The second kappa shape index (κ2) is 22.7. The van der Waals surface area contributed by atoms with Gasteiger partial charge in [-0.15, -0.1) is 0 Å². The lowest BCUT2D eigenvalue weighted by Crippen LogP contribution is -2.31. The molecule has 2 aliphatic rings. The summed E-state index contributed by atoms with van der Waals surface area (Å²) in [7, 11) is 0. The number of hydrogen-bond acceptors (Lipinski definition) is 7. The lowest BCUT2D eigenvalue weighted by Gasteiger charge is -2.22. The number of carbonyl (C=O) groups is 1. The predicted molar refractivity (Wildman–Crippen MR) is 168 cm³/mol. The molecule has 0 aromatic carbocycles. The number of cyclic esters (lactones) is 1. The third kappa shape index (κ3) is 15.3. The van der Waals surface area contributed by atoms with Crippen molar-refractivity contribution in [3.05, 3.63) is 0 Å². The van der Waals surface area contributed by atoms with Crippen molar-refractivity contribution in [2.45, 2.75) is 211 Å². The van der Waals surface area contributed by atoms with Gasteiger partial charge in [0, 0.05) is 0 Å². The van der Waals surface area contributed by atoms with E-state index in [9.17, 15) is 25.2 Å². The molecule has 0 spiro atoms. The summed E-state index contributed by atoms with van der Waals surface area (Å²) >= 11 is 0. The molecule has 0 unspecified atom stereocenters. The maximum absolute atomic E-state index is 11.7. The van der Waals surface area contributed by atoms with Crippen LogP contribution in [0.4, 0.5) is 0 Å². The fourth-order valence-corrected chi connectivity index (χ4v) is 6.72. The highest BCUT2D eigenvalue weighted by Gasteiger charge is 2.40. The van der Waals surface area contributed by atoms with Gasteiger partial charge in [-0.3, -0.25) is 4.79 Å². The normalized spacial score (nSPS) is 26.4. The van der Waals surface area contributed by atoms with Gasteiger partial charge < -0.3 is 29.9 Å². The molecule has 0 bridgehead atoms. The average molecular weight is 599 g/mol. The zero-order valence-electron chi connectivity index (χ0n) is 27.1. The van der Waals surface area contributed by atoms with E-state index in [4.69, 9.17) is 9.47 Å². The number of unbranched alkanes of at least 4 members (excludes halogenated alkanes) is 14. The summed E-state index contributed by atoms with van der Waals surface area (Å²) in [5, 5.41) is 41.5. The maximum atomic E-state index is 11.7. The molecule has 4 N–H and O–H groups in total. The first-order valence-corrected chi connectivity index (χ1v) is 17.9. The first kappa shape index (κ1) is 37.5. The van der Waals surface area contributed by atoms with E-state index >= 15 is 0 Å². The Morgan fingerprint density at radius 2 is 1.10 bits per heavy atom. The van der Waals surface area contributed by atoms with E-state index in [0.29, 0.717) is 12.8 Å². The van der Waals surface area contributed by atoms with Crippen molar-refractivity contribution in [2.75, 3.05) is 0 Å². The van der Waals surface area contributed by atoms with Crippen LogP contribution < -0.4 is 0 Å². The van der Waals surface area contributed by atoms with E-state index in [0.717, 1.165) is 83.5 Å². The smallest absolute Gasteiger partial charge is 0.312 e. The molecule has 248 valence electrons. The lowest BCUT2D eigenvalue weighted by molar-refractivity contribution is -0.143. The highest BCUT2D eigenvalue weighted by Crippen LogP contribution is 2.29. The van der Waals surface area contributed by atoms with Gasteiger partial charge in [0.1, 0.15) is 12.2 Å². The van der Waals surface area contributed by atoms with Gasteiger partial charge in [0.15, 0.2) is 0 Å². The van der Waals surface area contributed by atoms with E-state index in [-0.39, 0.29) is 30.2 Å². The minimum atomic E-state index is -0.673. The number of ether oxygens (including phenoxy) is 2. The Hall–Kier alpha value is -0.730. The molecule has 0 radical (unpaired) electrons. The number of hydrogen-bond donors (Lipinski definition) is 4. The Bertz CT molecular complexity index is 674. The number of carbonyl (C=O) groups excluding carboxylic acids is 1. The van der Waals surface area contributed by atoms with Gasteiger partial charge in [0.2, 0.25) is 0 Å². The summed E-state index contributed by atoms with van der Waals surface area (Å²) in [5.41, 5.74) is 0. The van der Waals surface area contributed by atoms with Crippen molar-refractivity contribution in [3.8, 4) is 0 Å². The fourth-order valence-electron chi connectivity index (χ4n) is 6.72. The Morgan fingerprint density at radius 1 is 0.667 bits per heavy atom. The van der Waals surface area contributed by atoms with Crippen LogP contribution in [-0.4, -0.2) is 69.1 Å². The molecule has 2 rings (SSSR count). The van der Waals surface area contributed by atoms with Crippen LogP contribution in [0.3, 0.4) is 0 Å². The van der Waals surface area contributed by atoms with Gasteiger partial charge in [-0.25, -0.2) is 0 Å². The molecule has 0 saturated carbocycles. The summed E-state index contributed by atoms with van der Waals surface area (Å²) in [6.07, 6.45) is 22.5. The summed E-state index contributed by atoms with van der Waals surface area (Å²) in [4.78, 5) is 11.7. The minimum Gasteiger partial charge on any atom is -0.460 e. The first-order valence-electron chi connectivity index (χ1n) is 17.9. The van der Waals surface area contributed by atoms with Crippen LogP contribution in [0.15, 0.2) is 0 Å². The number of aliphatic hydroxyl groups is 4. The molecule has 2 fully saturated rings. The van der Waals surface area contributed by atoms with Crippen LogP contribution in [0.25, 0.3) is 0 Å². The predicted octanol–water partition coefficient (Wildman–Crippen LogP) is 7.14. The zero-order chi connectivity index (χ0) is 30.6. The van der Waals surface area contributed by atoms with Crippen molar-refractivity contribution in [2.24, 2.45) is 5.92 Å². The van der Waals surface area contributed by atoms with E-state index in [1.807, 2.05) is 0 Å². The first-order chi connectivity index (χ1) is 20.3. The van der Waals surface area contributed by atoms with Gasteiger partial charge in [0.05, 0.1) is 36.4 Å². The molecule has 0 aromatic heterocycles. The molecule has 0 amide bonds. The third-order valence-corrected chi connectivity index (χ3v) is 9.63. The van der Waals surface area contributed by atoms with Crippen LogP contribution in [0.1, 0.15) is 168 Å². The number of rotatable bonds is 26. The molecule has 7 nitrogen and oxygen atoms in total. The fraction of sp³-hybridized carbons (Fsp3) is 0.971. The van der Waals surface area contributed by atoms with Crippen LogP contribution >= 0.6 is 0 Å². The Kier molecular flexibility index (Phi) is 20.3. The molecule has 8 atom stereocenters. The highest BCUT2D eigenvalue weighted by molar-refractivity contribution is 5.75. The Morgan fingerprint density at radius 3 is 1.60 bits per heavy atom. The quantitative estimate of drug-likeness (QED) is 0.0618. The molecule has 7 heteroatoms. The van der Waals surface area contributed by atoms with Crippen LogP contribution in [-0.2, 0) is 14.3 Å². The van der Waals surface area contributed by atoms with Gasteiger partial charge in [-0.1, -0.05) is 116 Å². The van der Waals surface area contributed by atoms with Crippen molar-refractivity contribution < 1.29 is 34.7 Å². The van der Waals surface area contributed by atoms with Crippen LogP contribution in [0.2, 0.25) is 0 Å². The third-order valence-electron chi connectivity index (χ3n) is 9.63. The minimum absolute atomic E-state index is 0.139. The van der Waals surface area contributed by atoms with E-state index in [2.05, 4.69) is 6.92 Å². The topological polar surface area (TPSA) is 116 Å². The van der Waals surface area contributed by atoms with Crippen LogP contribution in [0.5, 0.6) is 0 Å². The zero-order valence-corrected chi connectivity index (χ0v) is 27.1. The number of esters is 1. The molecular weight excluding hydrogens is 532 g/mol. The highest BCUT2D eigenvalue weighted by atomic mass is 16.6. The summed E-state index contributed by atoms with van der Waals surface area (Å²) in [6, 6.07) is 0. The second-order valence-corrected chi connectivity index (χ2v) is 13.4. The SMILES string of the molecule is CCCCCCCCCCCC[C@H](O)[C@H]1CC[C@H]([C@@H](O)CCCC[C@@H](O)CCCCCCC[C@@H]2C(=O)O[C@@H](C)[C@@H]2O)O1. The van der Waals surface area contributed by atoms with Gasteiger partial charge >= 0.3 is 5.97 Å². The lowest BCUT2D eigenvalue weighted by atomic mass is 9.94. The molecule has 2 heterocycles. The molecule has 0 aliphatic carbocycles. The molecular formula is C35H66O7. The standard InChI is InChI=1S/C35H66O7/c1-3-4-5-6-7-8-9-10-14-17-23-30(37)32-25-26-33(42-32)31(38)24-19-18-21-28(36)20-15-12-11-13-16-22-29-34(39)27(2)41-35(29)40/h27-34,36-39H,3-26H2,1-2H3/t27-,28-,29-,30-,31-,32+,33+,34-/m0/s1. The molecule has 2 saturated heterocycles. The molecule has 42 heavy (non-hydrogen) atoms. The van der Waals surface area contributed by atoms with E-state index in [1.165, 1.54) is 57.8 Å². The van der Waals surface area contributed by atoms with Crippen molar-refractivity contribution in [1.29, 1.82) is 0 Å². The van der Waals surface area contributed by atoms with E-state index in [1.54, 1.807) is 6.92 Å². The Balaban J connectivity index is 1.39. The second-order valence-electron chi connectivity index (χ2n) is 13.4. The van der Waals surface area contributed by atoms with Crippen LogP contribution in [0, 0.1) is 5.92 Å². The molecule has 0 aromatic rings. The van der Waals surface area contributed by atoms with E-state index < -0.39 is 24.4 Å². The van der Waals surface area contributed by atoms with Crippen molar-refractivity contribution in [1.82, 2.24) is 0 Å². The summed E-state index contributed by atoms with van der Waals surface area (Å²) < 4.78 is 11.1. The summed E-state index contributed by atoms with van der Waals surface area (Å²) in [6.45, 7) is 3.99. The van der Waals surface area contributed by atoms with Gasteiger partial charge in [0.25, 0.3) is 0 Å². The van der Waals surface area contributed by atoms with Gasteiger partial charge in [-0.05, 0) is 51.9 Å².